The van der Waals surface area contributed by atoms with E-state index in [1.54, 1.807) is 0 Å². The number of cyclic esters (lactones) is 1. The molecule has 0 amide bonds. The van der Waals surface area contributed by atoms with Gasteiger partial charge < -0.3 is 19.3 Å². The van der Waals surface area contributed by atoms with Gasteiger partial charge in [0.2, 0.25) is 0 Å². The molecule has 0 saturated carbocycles. The molecule has 0 radical (unpaired) electrons. The van der Waals surface area contributed by atoms with Gasteiger partial charge in [0.15, 0.2) is 0 Å². The van der Waals surface area contributed by atoms with Crippen LogP contribution >= 0.6 is 0 Å². The van der Waals surface area contributed by atoms with E-state index >= 15 is 0 Å². The monoisotopic (exact) mass is 362 g/mol. The number of carbonyl (C=O) groups excluding carboxylic acids is 2. The minimum Gasteiger partial charge on any atom is -0.507 e. The summed E-state index contributed by atoms with van der Waals surface area (Å²) in [7, 11) is 1.54. The van der Waals surface area contributed by atoms with Gasteiger partial charge in [-0.15, -0.1) is 0 Å². The van der Waals surface area contributed by atoms with Crippen LogP contribution < -0.4 is 4.74 Å². The highest BCUT2D eigenvalue weighted by atomic mass is 16.5. The van der Waals surface area contributed by atoms with E-state index in [1.807, 2.05) is 33.8 Å². The molecule has 1 aromatic rings. The number of hydrogen-bond acceptors (Lipinski definition) is 6. The van der Waals surface area contributed by atoms with Crippen molar-refractivity contribution in [3.05, 3.63) is 33.9 Å². The molecule has 1 heterocycles. The van der Waals surface area contributed by atoms with E-state index in [4.69, 9.17) is 14.2 Å². The molecule has 0 atom stereocenters. The van der Waals surface area contributed by atoms with Gasteiger partial charge in [0.05, 0.1) is 13.2 Å². The molecule has 1 aliphatic heterocycles. The van der Waals surface area contributed by atoms with Crippen molar-refractivity contribution in [1.82, 2.24) is 0 Å². The SMILES string of the molecule is COc1c(C)c2c(c(O)c1C/C=C(\C)CCC(=O)OC(C)C)C(=O)OC2. The molecule has 6 heteroatoms. The van der Waals surface area contributed by atoms with E-state index < -0.39 is 5.97 Å². The highest BCUT2D eigenvalue weighted by molar-refractivity contribution is 5.98. The third-order valence-corrected chi connectivity index (χ3v) is 4.39. The number of esters is 2. The second kappa shape index (κ2) is 8.25. The zero-order valence-corrected chi connectivity index (χ0v) is 16.0. The van der Waals surface area contributed by atoms with Gasteiger partial charge >= 0.3 is 11.9 Å². The standard InChI is InChI=1S/C20H26O6/c1-11(2)26-16(21)9-7-12(3)6-8-14-18(22)17-15(10-25-20(17)23)13(4)19(14)24-5/h6,11,22H,7-10H2,1-5H3/b12-6+. The quantitative estimate of drug-likeness (QED) is 0.589. The van der Waals surface area contributed by atoms with Gasteiger partial charge in [0.25, 0.3) is 0 Å². The largest absolute Gasteiger partial charge is 0.507 e. The van der Waals surface area contributed by atoms with E-state index in [1.165, 1.54) is 7.11 Å². The van der Waals surface area contributed by atoms with Crippen LogP contribution in [0.15, 0.2) is 11.6 Å². The zero-order valence-electron chi connectivity index (χ0n) is 16.0. The van der Waals surface area contributed by atoms with E-state index in [2.05, 4.69) is 0 Å². The minimum atomic E-state index is -0.512. The Kier molecular flexibility index (Phi) is 6.29. The molecule has 142 valence electrons. The molecule has 0 bridgehead atoms. The first-order chi connectivity index (χ1) is 12.3. The number of benzene rings is 1. The number of phenolic OH excluding ortho intramolecular Hbond substituents is 1. The first-order valence-corrected chi connectivity index (χ1v) is 8.69. The molecule has 0 unspecified atom stereocenters. The highest BCUT2D eigenvalue weighted by Gasteiger charge is 2.31. The van der Waals surface area contributed by atoms with Gasteiger partial charge in [0.1, 0.15) is 23.7 Å². The number of ether oxygens (including phenoxy) is 3. The summed E-state index contributed by atoms with van der Waals surface area (Å²) >= 11 is 0. The molecule has 1 aliphatic rings. The summed E-state index contributed by atoms with van der Waals surface area (Å²) in [6.45, 7) is 7.55. The van der Waals surface area contributed by atoms with Crippen LogP contribution in [0.25, 0.3) is 0 Å². The van der Waals surface area contributed by atoms with Crippen LogP contribution in [-0.4, -0.2) is 30.3 Å². The number of aromatic hydroxyl groups is 1. The number of phenols is 1. The molecule has 0 fully saturated rings. The summed E-state index contributed by atoms with van der Waals surface area (Å²) in [6, 6.07) is 0. The van der Waals surface area contributed by atoms with Crippen LogP contribution in [0.1, 0.15) is 60.7 Å². The smallest absolute Gasteiger partial charge is 0.342 e. The second-order valence-electron chi connectivity index (χ2n) is 6.71. The average Bonchev–Trinajstić information content (AvgIpc) is 2.96. The van der Waals surface area contributed by atoms with Crippen LogP contribution in [0.4, 0.5) is 0 Å². The highest BCUT2D eigenvalue weighted by Crippen LogP contribution is 2.42. The van der Waals surface area contributed by atoms with E-state index in [-0.39, 0.29) is 30.0 Å². The molecule has 1 aromatic carbocycles. The van der Waals surface area contributed by atoms with Crippen molar-refractivity contribution in [1.29, 1.82) is 0 Å². The molecule has 26 heavy (non-hydrogen) atoms. The molecule has 0 aliphatic carbocycles. The molecular weight excluding hydrogens is 336 g/mol. The van der Waals surface area contributed by atoms with Gasteiger partial charge in [0, 0.05) is 17.5 Å². The number of rotatable bonds is 7. The number of methoxy groups -OCH3 is 1. The van der Waals surface area contributed by atoms with Gasteiger partial charge in [-0.05, 0) is 46.1 Å². The Morgan fingerprint density at radius 1 is 1.35 bits per heavy atom. The maximum atomic E-state index is 11.9. The van der Waals surface area contributed by atoms with Crippen molar-refractivity contribution in [2.75, 3.05) is 7.11 Å². The molecular formula is C20H26O6. The first kappa shape index (κ1) is 19.8. The third-order valence-electron chi connectivity index (χ3n) is 4.39. The molecule has 1 N–H and O–H groups in total. The Morgan fingerprint density at radius 2 is 2.04 bits per heavy atom. The fourth-order valence-electron chi connectivity index (χ4n) is 3.03. The molecule has 2 rings (SSSR count). The normalized spacial score (nSPS) is 13.6. The number of allylic oxidation sites excluding steroid dienone is 2. The molecule has 0 spiro atoms. The summed E-state index contributed by atoms with van der Waals surface area (Å²) in [5.41, 5.74) is 3.24. The molecule has 6 nitrogen and oxygen atoms in total. The summed E-state index contributed by atoms with van der Waals surface area (Å²) in [5.74, 6) is -0.276. The second-order valence-corrected chi connectivity index (χ2v) is 6.71. The van der Waals surface area contributed by atoms with Crippen molar-refractivity contribution >= 4 is 11.9 Å². The van der Waals surface area contributed by atoms with Crippen molar-refractivity contribution in [2.45, 2.75) is 59.7 Å². The fourth-order valence-corrected chi connectivity index (χ4v) is 3.03. The van der Waals surface area contributed by atoms with E-state index in [0.717, 1.165) is 11.1 Å². The molecule has 0 saturated heterocycles. The van der Waals surface area contributed by atoms with Crippen LogP contribution in [0.2, 0.25) is 0 Å². The van der Waals surface area contributed by atoms with Crippen molar-refractivity contribution in [3.63, 3.8) is 0 Å². The Hall–Kier alpha value is -2.50. The predicted octanol–water partition coefficient (Wildman–Crippen LogP) is 3.60. The Bertz CT molecular complexity index is 745. The topological polar surface area (TPSA) is 82.1 Å². The summed E-state index contributed by atoms with van der Waals surface area (Å²) in [5, 5.41) is 10.6. The van der Waals surface area contributed by atoms with Gasteiger partial charge in [-0.3, -0.25) is 4.79 Å². The maximum Gasteiger partial charge on any atom is 0.342 e. The maximum absolute atomic E-state index is 11.9. The fraction of sp³-hybridized carbons (Fsp3) is 0.500. The average molecular weight is 362 g/mol. The summed E-state index contributed by atoms with van der Waals surface area (Å²) in [4.78, 5) is 23.5. The number of hydrogen-bond donors (Lipinski definition) is 1. The predicted molar refractivity (Wildman–Crippen MR) is 96.4 cm³/mol. The van der Waals surface area contributed by atoms with Gasteiger partial charge in [-0.2, -0.15) is 0 Å². The number of fused-ring (bicyclic) bond motifs is 1. The number of carbonyl (C=O) groups is 2. The van der Waals surface area contributed by atoms with Crippen molar-refractivity contribution in [2.24, 2.45) is 0 Å². The van der Waals surface area contributed by atoms with Crippen LogP contribution in [0, 0.1) is 6.92 Å². The van der Waals surface area contributed by atoms with E-state index in [9.17, 15) is 14.7 Å². The lowest BCUT2D eigenvalue weighted by molar-refractivity contribution is -0.147. The lowest BCUT2D eigenvalue weighted by atomic mass is 9.94. The van der Waals surface area contributed by atoms with Crippen molar-refractivity contribution < 1.29 is 28.9 Å². The van der Waals surface area contributed by atoms with Gasteiger partial charge in [-0.25, -0.2) is 4.79 Å². The van der Waals surface area contributed by atoms with Crippen molar-refractivity contribution in [3.8, 4) is 11.5 Å². The van der Waals surface area contributed by atoms with Crippen LogP contribution in [0.3, 0.4) is 0 Å². The lowest BCUT2D eigenvalue weighted by Crippen LogP contribution is -2.11. The minimum absolute atomic E-state index is 0.0896. The van der Waals surface area contributed by atoms with Crippen LogP contribution in [0.5, 0.6) is 11.5 Å². The Morgan fingerprint density at radius 3 is 2.65 bits per heavy atom. The Balaban J connectivity index is 2.19. The van der Waals surface area contributed by atoms with Gasteiger partial charge in [-0.1, -0.05) is 11.6 Å². The molecule has 0 aromatic heterocycles. The Labute approximate surface area is 153 Å². The zero-order chi connectivity index (χ0) is 19.4. The summed E-state index contributed by atoms with van der Waals surface area (Å²) < 4.78 is 15.6. The summed E-state index contributed by atoms with van der Waals surface area (Å²) in [6.07, 6.45) is 3.07. The lowest BCUT2D eigenvalue weighted by Gasteiger charge is -2.15. The van der Waals surface area contributed by atoms with Crippen LogP contribution in [-0.2, 0) is 27.3 Å². The third kappa shape index (κ3) is 4.18. The first-order valence-electron chi connectivity index (χ1n) is 8.69. The van der Waals surface area contributed by atoms with E-state index in [0.29, 0.717) is 36.1 Å².